The van der Waals surface area contributed by atoms with Crippen molar-refractivity contribution in [2.24, 2.45) is 58.2 Å². The lowest BCUT2D eigenvalue weighted by Gasteiger charge is -2.56. The third kappa shape index (κ3) is 11.1. The number of aliphatic hydroxyl groups excluding tert-OH is 6. The molecule has 0 radical (unpaired) electrons. The zero-order valence-electron chi connectivity index (χ0n) is 48.6. The SMILES string of the molecule is CC/C1=C\[C@H](CO)C[C@@H](C)[C@H](O[C@H]2C[C@H](O)[C@H](O[C@H]3C[C@H](OC)[C@@H](O[C@@H]4C[C@H](O)[C@H](O)[C@@H](C)O4)[C@H](C)O3)[C@@H](C)O2)[C@H](C)CCC[C@]2(C)C=C(C)[C@H](C)C[C@]23OC(=O)/C(=C(/O)[C@@]2(CC)[C@H]4[C@H](C=C(C)[C@@H]12)[C@@H](O)CC(=O)[C@@H]4C)C3=O. The van der Waals surface area contributed by atoms with E-state index in [9.17, 15) is 40.2 Å². The summed E-state index contributed by atoms with van der Waals surface area (Å²) in [5.74, 6) is -5.19. The van der Waals surface area contributed by atoms with Gasteiger partial charge in [0, 0.05) is 80.3 Å². The van der Waals surface area contributed by atoms with Crippen molar-refractivity contribution >= 4 is 17.5 Å². The molecule has 25 atom stereocenters. The zero-order valence-corrected chi connectivity index (χ0v) is 48.6. The predicted octanol–water partition coefficient (Wildman–Crippen LogP) is 7.28. The molecule has 6 N–H and O–H groups in total. The van der Waals surface area contributed by atoms with E-state index >= 15 is 4.79 Å². The summed E-state index contributed by atoms with van der Waals surface area (Å²) in [4.78, 5) is 44.3. The van der Waals surface area contributed by atoms with Crippen LogP contribution in [0, 0.1) is 58.2 Å². The summed E-state index contributed by atoms with van der Waals surface area (Å²) < 4.78 is 51.0. The van der Waals surface area contributed by atoms with Gasteiger partial charge in [-0.1, -0.05) is 89.8 Å². The van der Waals surface area contributed by atoms with Crippen LogP contribution in [-0.4, -0.2) is 154 Å². The highest BCUT2D eigenvalue weighted by molar-refractivity contribution is 6.26. The molecule has 17 nitrogen and oxygen atoms in total. The van der Waals surface area contributed by atoms with Crippen molar-refractivity contribution in [2.45, 2.75) is 245 Å². The predicted molar refractivity (Wildman–Crippen MR) is 287 cm³/mol. The largest absolute Gasteiger partial charge is 0.511 e. The summed E-state index contributed by atoms with van der Waals surface area (Å²) in [6.07, 6.45) is -0.691. The second kappa shape index (κ2) is 24.1. The van der Waals surface area contributed by atoms with E-state index in [0.29, 0.717) is 32.1 Å². The molecule has 17 heteroatoms. The van der Waals surface area contributed by atoms with Gasteiger partial charge in [-0.15, -0.1) is 0 Å². The fourth-order valence-corrected chi connectivity index (χ4v) is 16.0. The lowest BCUT2D eigenvalue weighted by molar-refractivity contribution is -0.338. The Morgan fingerprint density at radius 3 is 1.97 bits per heavy atom. The Labute approximate surface area is 462 Å². The Bertz CT molecular complexity index is 2290. The van der Waals surface area contributed by atoms with Gasteiger partial charge < -0.3 is 68.5 Å². The maximum absolute atomic E-state index is 15.7. The second-order valence-corrected chi connectivity index (χ2v) is 25.4. The van der Waals surface area contributed by atoms with Crippen LogP contribution in [0.4, 0.5) is 0 Å². The molecular weight excluding hydrogens is 1000 g/mol. The van der Waals surface area contributed by atoms with E-state index in [4.69, 9.17) is 37.9 Å². The fraction of sp³-hybridized carbons (Fsp3) is 0.820. The summed E-state index contributed by atoms with van der Waals surface area (Å²) in [5.41, 5.74) is -1.54. The second-order valence-electron chi connectivity index (χ2n) is 25.4. The van der Waals surface area contributed by atoms with Gasteiger partial charge in [0.15, 0.2) is 24.5 Å². The molecule has 0 aromatic rings. The molecule has 4 heterocycles. The summed E-state index contributed by atoms with van der Waals surface area (Å²) in [7, 11) is 1.57. The van der Waals surface area contributed by atoms with Gasteiger partial charge in [-0.2, -0.15) is 0 Å². The van der Waals surface area contributed by atoms with Gasteiger partial charge in [-0.3, -0.25) is 9.59 Å². The van der Waals surface area contributed by atoms with Gasteiger partial charge in [-0.25, -0.2) is 4.79 Å². The third-order valence-electron chi connectivity index (χ3n) is 20.3. The highest BCUT2D eigenvalue weighted by Gasteiger charge is 2.67. The molecule has 0 aromatic heterocycles. The molecular formula is C61H94O17. The van der Waals surface area contributed by atoms with Gasteiger partial charge in [0.05, 0.1) is 48.8 Å². The highest BCUT2D eigenvalue weighted by Crippen LogP contribution is 2.64. The number of methoxy groups -OCH3 is 1. The molecule has 5 fully saturated rings. The van der Waals surface area contributed by atoms with Crippen LogP contribution in [0.2, 0.25) is 0 Å². The van der Waals surface area contributed by atoms with E-state index < -0.39 is 144 Å². The molecule has 4 aliphatic heterocycles. The number of carbonyl (C=O) groups is 3. The number of carbonyl (C=O) groups excluding carboxylic acids is 3. The quantitative estimate of drug-likeness (QED) is 0.0715. The first-order valence-corrected chi connectivity index (χ1v) is 29.4. The number of aliphatic hydroxyl groups is 6. The molecule has 0 unspecified atom stereocenters. The Morgan fingerprint density at radius 1 is 0.744 bits per heavy atom. The maximum atomic E-state index is 15.7. The van der Waals surface area contributed by atoms with E-state index in [-0.39, 0.29) is 80.0 Å². The lowest BCUT2D eigenvalue weighted by atomic mass is 9.47. The Hall–Kier alpha value is -2.91. The minimum Gasteiger partial charge on any atom is -0.511 e. The molecule has 1 saturated carbocycles. The number of ketones is 2. The van der Waals surface area contributed by atoms with Gasteiger partial charge >= 0.3 is 5.97 Å². The lowest BCUT2D eigenvalue weighted by Crippen LogP contribution is -2.57. The van der Waals surface area contributed by atoms with E-state index in [2.05, 4.69) is 26.0 Å². The number of fused-ring (bicyclic) bond motifs is 4. The monoisotopic (exact) mass is 1100 g/mol. The van der Waals surface area contributed by atoms with Crippen LogP contribution < -0.4 is 0 Å². The number of Topliss-reactive ketones (excluding diaryl/α,β-unsaturated/α-hetero) is 2. The molecule has 2 bridgehead atoms. The molecule has 8 rings (SSSR count). The maximum Gasteiger partial charge on any atom is 0.346 e. The molecule has 4 aliphatic carbocycles. The number of allylic oxidation sites excluding steroid dienone is 4. The van der Waals surface area contributed by atoms with Crippen molar-refractivity contribution in [1.29, 1.82) is 0 Å². The van der Waals surface area contributed by atoms with E-state index in [1.807, 2.05) is 68.4 Å². The average molecular weight is 1100 g/mol. The summed E-state index contributed by atoms with van der Waals surface area (Å²) >= 11 is 0. The summed E-state index contributed by atoms with van der Waals surface area (Å²) in [6, 6.07) is 0. The van der Waals surface area contributed by atoms with Crippen molar-refractivity contribution in [1.82, 2.24) is 0 Å². The Morgan fingerprint density at radius 2 is 1.36 bits per heavy atom. The molecule has 78 heavy (non-hydrogen) atoms. The Balaban J connectivity index is 1.09. The van der Waals surface area contributed by atoms with Gasteiger partial charge in [-0.05, 0) is 90.4 Å². The zero-order chi connectivity index (χ0) is 57.1. The molecule has 0 amide bonds. The first-order chi connectivity index (χ1) is 36.8. The van der Waals surface area contributed by atoms with Crippen LogP contribution in [-0.2, 0) is 52.3 Å². The number of rotatable bonds is 10. The van der Waals surface area contributed by atoms with Crippen LogP contribution >= 0.6 is 0 Å². The minimum atomic E-state index is -1.62. The fourth-order valence-electron chi connectivity index (χ4n) is 16.0. The Kier molecular flexibility index (Phi) is 18.9. The highest BCUT2D eigenvalue weighted by atomic mass is 16.7. The van der Waals surface area contributed by atoms with Crippen LogP contribution in [0.15, 0.2) is 46.3 Å². The summed E-state index contributed by atoms with van der Waals surface area (Å²) in [6.45, 7) is 23.2. The smallest absolute Gasteiger partial charge is 0.346 e. The molecule has 0 aromatic carbocycles. The molecule has 8 aliphatic rings. The van der Waals surface area contributed by atoms with Gasteiger partial charge in [0.25, 0.3) is 0 Å². The minimum absolute atomic E-state index is 0.0414. The van der Waals surface area contributed by atoms with Crippen molar-refractivity contribution in [3.8, 4) is 0 Å². The van der Waals surface area contributed by atoms with Crippen LogP contribution in [0.25, 0.3) is 0 Å². The molecule has 1 spiro atoms. The van der Waals surface area contributed by atoms with Crippen LogP contribution in [0.1, 0.15) is 154 Å². The van der Waals surface area contributed by atoms with Crippen molar-refractivity contribution in [3.63, 3.8) is 0 Å². The number of hydrogen-bond donors (Lipinski definition) is 6. The number of ether oxygens (including phenoxy) is 8. The number of esters is 1. The molecule has 440 valence electrons. The normalized spacial score (nSPS) is 49.5. The first-order valence-electron chi connectivity index (χ1n) is 29.4. The van der Waals surface area contributed by atoms with Crippen LogP contribution in [0.3, 0.4) is 0 Å². The van der Waals surface area contributed by atoms with Crippen LogP contribution in [0.5, 0.6) is 0 Å². The summed E-state index contributed by atoms with van der Waals surface area (Å²) in [5, 5.41) is 68.8. The number of hydrogen-bond acceptors (Lipinski definition) is 17. The first kappa shape index (κ1) is 61.2. The van der Waals surface area contributed by atoms with E-state index in [0.717, 1.165) is 16.7 Å². The van der Waals surface area contributed by atoms with Gasteiger partial charge in [0.2, 0.25) is 5.78 Å². The van der Waals surface area contributed by atoms with Crippen molar-refractivity contribution in [2.75, 3.05) is 13.7 Å². The van der Waals surface area contributed by atoms with Crippen molar-refractivity contribution in [3.05, 3.63) is 46.3 Å². The van der Waals surface area contributed by atoms with E-state index in [1.165, 1.54) is 0 Å². The average Bonchev–Trinajstić information content (AvgIpc) is 3.88. The topological polar surface area (TPSA) is 246 Å². The standard InChI is InChI=1S/C61H94O17/c1-14-39-21-38(28-62)19-31(5)53(75-47-24-44(66)54(36(10)73-47)76-48-25-45(71-13)55(37(11)74-48)77-46-23-43(65)52(67)35(9)72-46)29(3)17-16-18-59(12)26-32(6)33(7)27-61(59)57(69)49(58(70)78-61)56(68)60(15-2)50(39)30(4)20-40-42(64)22-41(63)34(8)51(40)60/h20-21,26,29,31,33-38,40,42-48,50-55,62,64-68H,14-19,22-25,27-28H2,1-13H3/b39-21+,56-49+/t29-,31-,33-,34+,35-,36-,37+,38-,40-,42+,43+,44+,45+,46-,47+,48+,50+,51-,52-,53-,54-,55+,59-,60-,61-/m1/s1. The third-order valence-corrected chi connectivity index (χ3v) is 20.3. The molecule has 4 saturated heterocycles. The van der Waals surface area contributed by atoms with Gasteiger partial charge in [0.1, 0.15) is 35.4 Å². The van der Waals surface area contributed by atoms with Crippen molar-refractivity contribution < 1.29 is 82.9 Å². The van der Waals surface area contributed by atoms with E-state index in [1.54, 1.807) is 14.0 Å².